The molecule has 0 bridgehead atoms. The molecule has 15 nitrogen and oxygen atoms in total. The van der Waals surface area contributed by atoms with E-state index in [4.69, 9.17) is 27.1 Å². The molecule has 0 spiro atoms. The maximum atomic E-state index is 16.8. The maximum absolute atomic E-state index is 16.8. The van der Waals surface area contributed by atoms with Gasteiger partial charge < -0.3 is 39.1 Å². The Morgan fingerprint density at radius 3 is 1.99 bits per heavy atom. The number of nitrogens with zero attached hydrogens (tertiary/aromatic N) is 10. The lowest BCUT2D eigenvalue weighted by Gasteiger charge is -2.44. The van der Waals surface area contributed by atoms with E-state index in [0.29, 0.717) is 65.2 Å². The minimum absolute atomic E-state index is 0.00146. The number of fused-ring (bicyclic) bond motifs is 6. The molecule has 92 heavy (non-hydrogen) atoms. The zero-order chi connectivity index (χ0) is 65.0. The van der Waals surface area contributed by atoms with Gasteiger partial charge >= 0.3 is 18.2 Å². The predicted octanol–water partition coefficient (Wildman–Crippen LogP) is 12.6. The van der Waals surface area contributed by atoms with Gasteiger partial charge in [-0.3, -0.25) is 14.9 Å². The summed E-state index contributed by atoms with van der Waals surface area (Å²) in [5.41, 5.74) is -2.49. The number of aliphatic hydroxyl groups is 1. The molecule has 6 aliphatic rings. The van der Waals surface area contributed by atoms with Crippen molar-refractivity contribution in [3.8, 4) is 65.0 Å². The van der Waals surface area contributed by atoms with Crippen LogP contribution < -0.4 is 19.3 Å². The second-order valence-electron chi connectivity index (χ2n) is 25.2. The van der Waals surface area contributed by atoms with E-state index in [9.17, 15) is 36.6 Å². The van der Waals surface area contributed by atoms with E-state index in [2.05, 4.69) is 58.6 Å². The van der Waals surface area contributed by atoms with Crippen LogP contribution in [-0.2, 0) is 4.74 Å². The Balaban J connectivity index is 0.000000161. The Labute approximate surface area is 527 Å². The molecule has 6 fully saturated rings. The lowest BCUT2D eigenvalue weighted by molar-refractivity contribution is -0.261. The number of aryl methyl sites for hydroxylation is 1. The third-order valence-corrected chi connectivity index (χ3v) is 19.1. The van der Waals surface area contributed by atoms with Crippen molar-refractivity contribution in [2.24, 2.45) is 5.41 Å². The average molecular weight is 1270 g/mol. The van der Waals surface area contributed by atoms with Crippen LogP contribution in [0.15, 0.2) is 60.9 Å². The van der Waals surface area contributed by atoms with Crippen molar-refractivity contribution in [2.75, 3.05) is 83.0 Å². The van der Waals surface area contributed by atoms with Crippen LogP contribution in [0.2, 0.25) is 0 Å². The van der Waals surface area contributed by atoms with Gasteiger partial charge in [-0.05, 0) is 145 Å². The molecule has 2 N–H and O–H groups in total. The standard InChI is InChI=1S/C35H34F5N5O3.C27H24F2N4O2.C7H12FN/c1-3-22-25(36)9-8-20-15-21(46)16-23(27(20)22)29-28(37)30-24(17-41-29)31(45-14-6-12-34(47,18-45)35(38,39)40)43-32(42-30)48-19-33-10-4-7-26(33)44(2)13-5-11-33;1-5-18-21(28)8-7-17-11-15(2)12-19(22(17)18)24-23(29)25-20(13-30-24)26(32-27(31-25)34-4)33-9-6-10-35-16(3)14-33;8-6-4-7-2-1-3-9(7)5-6/h1,8-9,15-17,26,46-47H,4-7,10-14,18-19H2,2H3;1,7-8,11-13,16H,6,9-10,14H2,2-4H3;6-7H,1-5H2. The van der Waals surface area contributed by atoms with Gasteiger partial charge in [-0.1, -0.05) is 36.5 Å². The largest absolute Gasteiger partial charge is 0.508 e. The van der Waals surface area contributed by atoms with Crippen molar-refractivity contribution in [3.63, 3.8) is 0 Å². The summed E-state index contributed by atoms with van der Waals surface area (Å²) < 4.78 is 134. The molecule has 8 aromatic rings. The molecule has 14 rings (SSSR count). The molecular formula is C69H70F8N10O5. The first-order valence-electron chi connectivity index (χ1n) is 31.1. The number of hydrogen-bond donors (Lipinski definition) is 2. The minimum atomic E-state index is -4.91. The van der Waals surface area contributed by atoms with Gasteiger partial charge in [0.2, 0.25) is 0 Å². The number of aromatic nitrogens is 6. The number of likely N-dealkylation sites (tertiary alicyclic amines) is 1. The fourth-order valence-corrected chi connectivity index (χ4v) is 14.8. The van der Waals surface area contributed by atoms with Crippen molar-refractivity contribution < 1.29 is 59.5 Å². The molecule has 23 heteroatoms. The van der Waals surface area contributed by atoms with E-state index in [1.165, 1.54) is 55.3 Å². The van der Waals surface area contributed by atoms with Crippen molar-refractivity contribution in [3.05, 3.63) is 101 Å². The zero-order valence-electron chi connectivity index (χ0n) is 51.5. The highest BCUT2D eigenvalue weighted by molar-refractivity contribution is 6.04. The van der Waals surface area contributed by atoms with Crippen molar-refractivity contribution >= 4 is 55.0 Å². The summed E-state index contributed by atoms with van der Waals surface area (Å²) in [4.78, 5) is 34.5. The molecule has 1 aliphatic carbocycles. The van der Waals surface area contributed by atoms with Gasteiger partial charge in [0.15, 0.2) is 17.2 Å². The fourth-order valence-electron chi connectivity index (χ4n) is 14.8. The maximum Gasteiger partial charge on any atom is 0.418 e. The molecular weight excluding hydrogens is 1200 g/mol. The average Bonchev–Trinajstić information content (AvgIpc) is 0.980. The van der Waals surface area contributed by atoms with Crippen molar-refractivity contribution in [2.45, 2.75) is 121 Å². The molecule has 6 unspecified atom stereocenters. The van der Waals surface area contributed by atoms with Crippen LogP contribution in [0.25, 0.3) is 65.9 Å². The van der Waals surface area contributed by atoms with Crippen LogP contribution in [-0.4, -0.2) is 159 Å². The molecule has 9 heterocycles. The van der Waals surface area contributed by atoms with E-state index >= 15 is 8.78 Å². The Kier molecular flexibility index (Phi) is 17.9. The van der Waals surface area contributed by atoms with Gasteiger partial charge in [0.05, 0.1) is 48.3 Å². The third-order valence-electron chi connectivity index (χ3n) is 19.1. The number of benzene rings is 4. The number of anilines is 2. The van der Waals surface area contributed by atoms with Gasteiger partial charge in [-0.25, -0.2) is 22.0 Å². The second-order valence-corrected chi connectivity index (χ2v) is 25.2. The number of alkyl halides is 4. The van der Waals surface area contributed by atoms with Crippen LogP contribution in [0, 0.1) is 60.3 Å². The molecule has 4 aromatic carbocycles. The quantitative estimate of drug-likeness (QED) is 0.109. The van der Waals surface area contributed by atoms with E-state index in [1.807, 2.05) is 24.8 Å². The summed E-state index contributed by atoms with van der Waals surface area (Å²) in [7, 11) is 3.52. The summed E-state index contributed by atoms with van der Waals surface area (Å²) >= 11 is 0. The molecule has 1 saturated carbocycles. The lowest BCUT2D eigenvalue weighted by Crippen LogP contribution is -2.57. The van der Waals surface area contributed by atoms with Crippen LogP contribution in [0.3, 0.4) is 0 Å². The van der Waals surface area contributed by atoms with Crippen LogP contribution >= 0.6 is 0 Å². The van der Waals surface area contributed by atoms with Gasteiger partial charge in [-0.2, -0.15) is 33.1 Å². The number of aromatic hydroxyl groups is 1. The number of ether oxygens (including phenoxy) is 3. The normalized spacial score (nSPS) is 23.5. The summed E-state index contributed by atoms with van der Waals surface area (Å²) in [6, 6.07) is 12.4. The fraction of sp³-hybridized carbons (Fsp3) is 0.449. The molecule has 482 valence electrons. The Bertz CT molecular complexity index is 4230. The highest BCUT2D eigenvalue weighted by Crippen LogP contribution is 2.49. The first-order chi connectivity index (χ1) is 44.1. The number of β-amino-alcohol motifs (C(OH)–C–C–N with tert-alkyl or cyclic N) is 1. The van der Waals surface area contributed by atoms with Crippen LogP contribution in [0.4, 0.5) is 46.8 Å². The van der Waals surface area contributed by atoms with Crippen molar-refractivity contribution in [1.82, 2.24) is 39.7 Å². The number of hydrogen-bond acceptors (Lipinski definition) is 15. The number of terminal acetylenes is 2. The lowest BCUT2D eigenvalue weighted by atomic mass is 9.76. The first kappa shape index (κ1) is 63.9. The zero-order valence-corrected chi connectivity index (χ0v) is 51.5. The minimum Gasteiger partial charge on any atom is -0.508 e. The van der Waals surface area contributed by atoms with Gasteiger partial charge in [0.1, 0.15) is 57.6 Å². The number of phenols is 1. The van der Waals surface area contributed by atoms with E-state index in [0.717, 1.165) is 69.7 Å². The van der Waals surface area contributed by atoms with Crippen LogP contribution in [0.5, 0.6) is 17.8 Å². The van der Waals surface area contributed by atoms with Gasteiger partial charge in [-0.15, -0.1) is 12.8 Å². The number of piperidine rings is 2. The Morgan fingerprint density at radius 2 is 1.34 bits per heavy atom. The summed E-state index contributed by atoms with van der Waals surface area (Å²) in [6.07, 6.45) is 17.1. The molecule has 6 atom stereocenters. The number of pyridine rings is 2. The molecule has 4 aromatic heterocycles. The topological polar surface area (TPSA) is 158 Å². The van der Waals surface area contributed by atoms with Crippen LogP contribution in [0.1, 0.15) is 94.2 Å². The second kappa shape index (κ2) is 25.7. The summed E-state index contributed by atoms with van der Waals surface area (Å²) in [6.45, 7) is 8.13. The van der Waals surface area contributed by atoms with Gasteiger partial charge in [0, 0.05) is 84.6 Å². The highest BCUT2D eigenvalue weighted by Gasteiger charge is 2.56. The molecule has 0 radical (unpaired) electrons. The number of rotatable bonds is 8. The Morgan fingerprint density at radius 1 is 0.728 bits per heavy atom. The highest BCUT2D eigenvalue weighted by atomic mass is 19.4. The SMILES string of the molecule is C#Cc1c(F)ccc2cc(C)cc(-c3ncc4c(N5CCCOC(C)C5)nc(OC)nc4c3F)c12.C#Cc1c(F)ccc2cc(O)cc(-c3ncc4c(N5CCCC(O)(C(F)(F)F)C5)nc(OCC56CCCC5N(C)CCC6)nc4c3F)c12.FC1CC2CCCN2C1. The monoisotopic (exact) mass is 1270 g/mol. The van der Waals surface area contributed by atoms with E-state index in [-0.39, 0.29) is 111 Å². The molecule has 0 amide bonds. The number of phenolic OH excluding ortho intramolecular Hbond substituents is 1. The summed E-state index contributed by atoms with van der Waals surface area (Å²) in [5.74, 6) is 2.03. The van der Waals surface area contributed by atoms with Crippen molar-refractivity contribution in [1.29, 1.82) is 0 Å². The summed E-state index contributed by atoms with van der Waals surface area (Å²) in [5, 5.41) is 23.2. The molecule has 5 saturated heterocycles. The predicted molar refractivity (Wildman–Crippen MR) is 335 cm³/mol. The first-order valence-corrected chi connectivity index (χ1v) is 31.1. The third kappa shape index (κ3) is 12.1. The van der Waals surface area contributed by atoms with Gasteiger partial charge in [0.25, 0.3) is 0 Å². The molecule has 5 aliphatic heterocycles. The van der Waals surface area contributed by atoms with E-state index < -0.39 is 54.2 Å². The van der Waals surface area contributed by atoms with E-state index in [1.54, 1.807) is 18.3 Å². The Hall–Kier alpha value is -8.22. The smallest absolute Gasteiger partial charge is 0.418 e. The number of halogens is 8. The number of methoxy groups -OCH3 is 1.